The van der Waals surface area contributed by atoms with Crippen molar-refractivity contribution in [1.82, 2.24) is 9.47 Å². The third-order valence-corrected chi connectivity index (χ3v) is 5.97. The predicted octanol–water partition coefficient (Wildman–Crippen LogP) is 4.57. The molecule has 1 aromatic heterocycles. The maximum absolute atomic E-state index is 13.8. The standard InChI is InChI=1S/C26H29N3O3/c1-5-24(30)28(18(2)3)17-25(31)29-22-10-7-6-9-21(22)27-16-8-11-23(27)26(29)19-12-14-20(32-4)15-13-19/h6-16,18,26H,5,17H2,1-4H3. The molecule has 2 amide bonds. The van der Waals surface area contributed by atoms with Crippen molar-refractivity contribution in [3.8, 4) is 11.4 Å². The van der Waals surface area contributed by atoms with Gasteiger partial charge in [0.15, 0.2) is 0 Å². The van der Waals surface area contributed by atoms with Crippen LogP contribution in [0.1, 0.15) is 44.5 Å². The van der Waals surface area contributed by atoms with Crippen LogP contribution in [0.4, 0.5) is 5.69 Å². The zero-order chi connectivity index (χ0) is 22.8. The fourth-order valence-electron chi connectivity index (χ4n) is 4.35. The number of carbonyl (C=O) groups excluding carboxylic acids is 2. The van der Waals surface area contributed by atoms with Crippen LogP contribution in [0.2, 0.25) is 0 Å². The molecule has 32 heavy (non-hydrogen) atoms. The molecule has 1 aliphatic rings. The van der Waals surface area contributed by atoms with E-state index in [1.165, 1.54) is 0 Å². The summed E-state index contributed by atoms with van der Waals surface area (Å²) in [6.07, 6.45) is 2.39. The molecule has 2 heterocycles. The van der Waals surface area contributed by atoms with E-state index in [4.69, 9.17) is 4.74 Å². The van der Waals surface area contributed by atoms with Gasteiger partial charge < -0.3 is 14.2 Å². The average molecular weight is 432 g/mol. The quantitative estimate of drug-likeness (QED) is 0.575. The normalized spacial score (nSPS) is 14.7. The van der Waals surface area contributed by atoms with E-state index < -0.39 is 0 Å². The van der Waals surface area contributed by atoms with E-state index in [2.05, 4.69) is 4.57 Å². The fraction of sp³-hybridized carbons (Fsp3) is 0.308. The monoisotopic (exact) mass is 431 g/mol. The molecule has 0 spiro atoms. The molecule has 1 atom stereocenters. The summed E-state index contributed by atoms with van der Waals surface area (Å²) in [6, 6.07) is 19.4. The zero-order valence-electron chi connectivity index (χ0n) is 19.0. The van der Waals surface area contributed by atoms with E-state index in [0.717, 1.165) is 28.4 Å². The van der Waals surface area contributed by atoms with E-state index in [1.807, 2.05) is 92.5 Å². The summed E-state index contributed by atoms with van der Waals surface area (Å²) in [5.41, 5.74) is 3.75. The Kier molecular flexibility index (Phi) is 6.04. The van der Waals surface area contributed by atoms with Crippen LogP contribution in [0.25, 0.3) is 5.69 Å². The molecular formula is C26H29N3O3. The molecule has 0 saturated carbocycles. The van der Waals surface area contributed by atoms with E-state index >= 15 is 0 Å². The first-order valence-electron chi connectivity index (χ1n) is 11.0. The first-order valence-corrected chi connectivity index (χ1v) is 11.0. The lowest BCUT2D eigenvalue weighted by atomic mass is 9.97. The summed E-state index contributed by atoms with van der Waals surface area (Å²) in [4.78, 5) is 29.9. The lowest BCUT2D eigenvalue weighted by Gasteiger charge is -2.40. The van der Waals surface area contributed by atoms with Gasteiger partial charge in [-0.05, 0) is 55.8 Å². The van der Waals surface area contributed by atoms with Gasteiger partial charge in [0, 0.05) is 18.7 Å². The average Bonchev–Trinajstić information content (AvgIpc) is 3.31. The lowest BCUT2D eigenvalue weighted by molar-refractivity contribution is -0.136. The summed E-state index contributed by atoms with van der Waals surface area (Å²) in [6.45, 7) is 5.74. The minimum Gasteiger partial charge on any atom is -0.497 e. The number of anilines is 1. The molecule has 0 bridgehead atoms. The summed E-state index contributed by atoms with van der Waals surface area (Å²) in [5, 5.41) is 0. The van der Waals surface area contributed by atoms with Gasteiger partial charge in [0.05, 0.1) is 24.2 Å². The van der Waals surface area contributed by atoms with Crippen LogP contribution in [-0.4, -0.2) is 41.0 Å². The highest BCUT2D eigenvalue weighted by Gasteiger charge is 2.37. The van der Waals surface area contributed by atoms with E-state index in [0.29, 0.717) is 6.42 Å². The van der Waals surface area contributed by atoms with Crippen LogP contribution in [-0.2, 0) is 9.59 Å². The van der Waals surface area contributed by atoms with Crippen molar-refractivity contribution in [3.63, 3.8) is 0 Å². The van der Waals surface area contributed by atoms with E-state index in [9.17, 15) is 9.59 Å². The van der Waals surface area contributed by atoms with Gasteiger partial charge in [0.25, 0.3) is 0 Å². The van der Waals surface area contributed by atoms with E-state index in [1.54, 1.807) is 12.0 Å². The van der Waals surface area contributed by atoms with Crippen LogP contribution >= 0.6 is 0 Å². The molecule has 0 aliphatic carbocycles. The number of aromatic nitrogens is 1. The maximum atomic E-state index is 13.8. The number of hydrogen-bond donors (Lipinski definition) is 0. The van der Waals surface area contributed by atoms with Crippen LogP contribution in [0.15, 0.2) is 66.9 Å². The second kappa shape index (κ2) is 8.91. The number of para-hydroxylation sites is 2. The molecule has 4 rings (SSSR count). The number of rotatable bonds is 6. The van der Waals surface area contributed by atoms with Gasteiger partial charge in [-0.3, -0.25) is 14.5 Å². The summed E-state index contributed by atoms with van der Waals surface area (Å²) >= 11 is 0. The first kappa shape index (κ1) is 21.7. The SMILES string of the molecule is CCC(=O)N(CC(=O)N1c2ccccc2-n2cccc2C1c1ccc(OC)cc1)C(C)C. The number of nitrogens with zero attached hydrogens (tertiary/aromatic N) is 3. The Morgan fingerprint density at radius 3 is 2.31 bits per heavy atom. The second-order valence-corrected chi connectivity index (χ2v) is 8.20. The van der Waals surface area contributed by atoms with Crippen molar-refractivity contribution in [2.45, 2.75) is 39.3 Å². The Balaban J connectivity index is 1.82. The van der Waals surface area contributed by atoms with Gasteiger partial charge in [-0.15, -0.1) is 0 Å². The molecule has 166 valence electrons. The summed E-state index contributed by atoms with van der Waals surface area (Å²) in [7, 11) is 1.64. The minimum absolute atomic E-state index is 0.0250. The molecule has 0 saturated heterocycles. The molecule has 0 fully saturated rings. The number of carbonyl (C=O) groups is 2. The topological polar surface area (TPSA) is 54.8 Å². The van der Waals surface area contributed by atoms with Gasteiger partial charge in [0.2, 0.25) is 11.8 Å². The van der Waals surface area contributed by atoms with Crippen molar-refractivity contribution in [2.24, 2.45) is 0 Å². The fourth-order valence-corrected chi connectivity index (χ4v) is 4.35. The molecule has 2 aromatic carbocycles. The highest BCUT2D eigenvalue weighted by Crippen LogP contribution is 2.42. The number of fused-ring (bicyclic) bond motifs is 3. The summed E-state index contributed by atoms with van der Waals surface area (Å²) in [5.74, 6) is 0.627. The highest BCUT2D eigenvalue weighted by atomic mass is 16.5. The number of hydrogen-bond acceptors (Lipinski definition) is 3. The van der Waals surface area contributed by atoms with Crippen molar-refractivity contribution < 1.29 is 14.3 Å². The molecule has 3 aromatic rings. The molecule has 0 N–H and O–H groups in total. The molecule has 1 unspecified atom stereocenters. The van der Waals surface area contributed by atoms with Crippen LogP contribution in [0.5, 0.6) is 5.75 Å². The maximum Gasteiger partial charge on any atom is 0.247 e. The Bertz CT molecular complexity index is 1120. The minimum atomic E-state index is -0.316. The van der Waals surface area contributed by atoms with Gasteiger partial charge in [-0.1, -0.05) is 31.2 Å². The van der Waals surface area contributed by atoms with Crippen molar-refractivity contribution in [2.75, 3.05) is 18.6 Å². The Labute approximate surface area is 189 Å². The second-order valence-electron chi connectivity index (χ2n) is 8.20. The van der Waals surface area contributed by atoms with Gasteiger partial charge in [-0.25, -0.2) is 0 Å². The third kappa shape index (κ3) is 3.77. The van der Waals surface area contributed by atoms with Crippen LogP contribution in [0.3, 0.4) is 0 Å². The Hall–Kier alpha value is -3.54. The number of methoxy groups -OCH3 is 1. The highest BCUT2D eigenvalue weighted by molar-refractivity contribution is 6.00. The largest absolute Gasteiger partial charge is 0.497 e. The van der Waals surface area contributed by atoms with Gasteiger partial charge in [0.1, 0.15) is 18.3 Å². The number of ether oxygens (including phenoxy) is 1. The van der Waals surface area contributed by atoms with Gasteiger partial charge in [-0.2, -0.15) is 0 Å². The smallest absolute Gasteiger partial charge is 0.247 e. The van der Waals surface area contributed by atoms with Crippen LogP contribution in [0, 0.1) is 0 Å². The van der Waals surface area contributed by atoms with E-state index in [-0.39, 0.29) is 30.4 Å². The first-order chi connectivity index (χ1) is 15.5. The third-order valence-electron chi connectivity index (χ3n) is 5.97. The molecule has 6 nitrogen and oxygen atoms in total. The Morgan fingerprint density at radius 1 is 1.00 bits per heavy atom. The molecule has 1 aliphatic heterocycles. The molecular weight excluding hydrogens is 402 g/mol. The number of benzene rings is 2. The van der Waals surface area contributed by atoms with Gasteiger partial charge >= 0.3 is 0 Å². The zero-order valence-corrected chi connectivity index (χ0v) is 19.0. The summed E-state index contributed by atoms with van der Waals surface area (Å²) < 4.78 is 7.46. The Morgan fingerprint density at radius 2 is 1.69 bits per heavy atom. The number of amides is 2. The van der Waals surface area contributed by atoms with Crippen molar-refractivity contribution in [3.05, 3.63) is 78.1 Å². The van der Waals surface area contributed by atoms with Crippen LogP contribution < -0.4 is 9.64 Å². The van der Waals surface area contributed by atoms with Crippen molar-refractivity contribution in [1.29, 1.82) is 0 Å². The predicted molar refractivity (Wildman–Crippen MR) is 125 cm³/mol. The molecule has 0 radical (unpaired) electrons. The molecule has 6 heteroatoms. The van der Waals surface area contributed by atoms with Crippen molar-refractivity contribution >= 4 is 17.5 Å². The lowest BCUT2D eigenvalue weighted by Crippen LogP contribution is -2.48.